The number of benzene rings is 3. The number of anilines is 1. The van der Waals surface area contributed by atoms with Crippen LogP contribution in [0.15, 0.2) is 66.7 Å². The van der Waals surface area contributed by atoms with Crippen LogP contribution in [0.3, 0.4) is 0 Å². The molecular weight excluding hydrogens is 380 g/mol. The highest BCUT2D eigenvalue weighted by Crippen LogP contribution is 2.29. The molecule has 1 aliphatic carbocycles. The SMILES string of the molecule is C[C@@H](Oc1ccccc1C#N)C(=O)Nc1ccc2c(c1)C(=O)c1ccccc1C2=O. The van der Waals surface area contributed by atoms with Gasteiger partial charge in [0.1, 0.15) is 11.8 Å². The fraction of sp³-hybridized carbons (Fsp3) is 0.0833. The van der Waals surface area contributed by atoms with E-state index >= 15 is 0 Å². The Morgan fingerprint density at radius 1 is 0.900 bits per heavy atom. The predicted octanol–water partition coefficient (Wildman–Crippen LogP) is 3.74. The molecule has 3 aromatic rings. The predicted molar refractivity (Wildman–Crippen MR) is 110 cm³/mol. The summed E-state index contributed by atoms with van der Waals surface area (Å²) in [6, 6.07) is 19.9. The first-order chi connectivity index (χ1) is 14.5. The number of amides is 1. The summed E-state index contributed by atoms with van der Waals surface area (Å²) in [4.78, 5) is 38.0. The summed E-state index contributed by atoms with van der Waals surface area (Å²) in [6.45, 7) is 1.56. The number of nitrogens with one attached hydrogen (secondary N) is 1. The lowest BCUT2D eigenvalue weighted by Gasteiger charge is -2.19. The first-order valence-electron chi connectivity index (χ1n) is 9.28. The molecule has 1 atom stereocenters. The van der Waals surface area contributed by atoms with E-state index in [1.807, 2.05) is 6.07 Å². The number of nitrogens with zero attached hydrogens (tertiary/aromatic N) is 1. The van der Waals surface area contributed by atoms with Crippen molar-refractivity contribution in [3.8, 4) is 11.8 Å². The minimum absolute atomic E-state index is 0.220. The lowest BCUT2D eigenvalue weighted by Crippen LogP contribution is -2.30. The van der Waals surface area contributed by atoms with Crippen LogP contribution in [0.25, 0.3) is 0 Å². The molecule has 3 aromatic carbocycles. The van der Waals surface area contributed by atoms with E-state index < -0.39 is 12.0 Å². The van der Waals surface area contributed by atoms with Crippen LogP contribution in [0.4, 0.5) is 5.69 Å². The molecule has 0 spiro atoms. The summed E-state index contributed by atoms with van der Waals surface area (Å²) in [5.41, 5.74) is 1.99. The molecule has 6 nitrogen and oxygen atoms in total. The van der Waals surface area contributed by atoms with Gasteiger partial charge in [-0.1, -0.05) is 36.4 Å². The number of para-hydroxylation sites is 1. The number of fused-ring (bicyclic) bond motifs is 2. The van der Waals surface area contributed by atoms with Crippen molar-refractivity contribution in [1.82, 2.24) is 0 Å². The van der Waals surface area contributed by atoms with Gasteiger partial charge in [-0.25, -0.2) is 0 Å². The van der Waals surface area contributed by atoms with Crippen LogP contribution in [-0.4, -0.2) is 23.6 Å². The lowest BCUT2D eigenvalue weighted by atomic mass is 9.84. The topological polar surface area (TPSA) is 96.3 Å². The lowest BCUT2D eigenvalue weighted by molar-refractivity contribution is -0.122. The maximum absolute atomic E-state index is 12.8. The summed E-state index contributed by atoms with van der Waals surface area (Å²) in [6.07, 6.45) is -0.881. The number of rotatable bonds is 4. The third-order valence-electron chi connectivity index (χ3n) is 4.87. The van der Waals surface area contributed by atoms with Crippen LogP contribution in [0.2, 0.25) is 0 Å². The van der Waals surface area contributed by atoms with E-state index in [9.17, 15) is 14.4 Å². The van der Waals surface area contributed by atoms with Crippen LogP contribution in [0.1, 0.15) is 44.3 Å². The van der Waals surface area contributed by atoms with E-state index in [4.69, 9.17) is 10.00 Å². The van der Waals surface area contributed by atoms with Crippen molar-refractivity contribution >= 4 is 23.2 Å². The molecule has 146 valence electrons. The molecule has 0 aromatic heterocycles. The van der Waals surface area contributed by atoms with Crippen LogP contribution in [0.5, 0.6) is 5.75 Å². The maximum atomic E-state index is 12.8. The Kier molecular flexibility index (Phi) is 4.87. The second-order valence-electron chi connectivity index (χ2n) is 6.82. The molecule has 4 rings (SSSR count). The van der Waals surface area contributed by atoms with Crippen molar-refractivity contribution in [3.05, 3.63) is 94.5 Å². The van der Waals surface area contributed by atoms with Gasteiger partial charge in [0.05, 0.1) is 5.56 Å². The molecule has 0 bridgehead atoms. The first kappa shape index (κ1) is 19.1. The zero-order valence-corrected chi connectivity index (χ0v) is 16.0. The maximum Gasteiger partial charge on any atom is 0.265 e. The third kappa shape index (κ3) is 3.33. The average Bonchev–Trinajstić information content (AvgIpc) is 2.77. The van der Waals surface area contributed by atoms with Gasteiger partial charge in [0.25, 0.3) is 5.91 Å². The highest BCUT2D eigenvalue weighted by molar-refractivity contribution is 6.28. The number of hydrogen-bond acceptors (Lipinski definition) is 5. The molecule has 1 aliphatic rings. The van der Waals surface area contributed by atoms with E-state index in [2.05, 4.69) is 5.32 Å². The largest absolute Gasteiger partial charge is 0.480 e. The molecule has 0 aliphatic heterocycles. The highest BCUT2D eigenvalue weighted by Gasteiger charge is 2.29. The van der Waals surface area contributed by atoms with Crippen molar-refractivity contribution in [3.63, 3.8) is 0 Å². The monoisotopic (exact) mass is 396 g/mol. The van der Waals surface area contributed by atoms with Crippen LogP contribution in [-0.2, 0) is 4.79 Å². The van der Waals surface area contributed by atoms with Gasteiger partial charge in [0.15, 0.2) is 17.7 Å². The van der Waals surface area contributed by atoms with E-state index in [0.717, 1.165) is 0 Å². The molecule has 0 saturated heterocycles. The minimum atomic E-state index is -0.881. The molecule has 30 heavy (non-hydrogen) atoms. The normalized spacial score (nSPS) is 12.9. The standard InChI is InChI=1S/C24H16N2O4/c1-14(30-21-9-5-2-6-15(21)13-25)24(29)26-16-10-11-19-20(12-16)23(28)18-8-4-3-7-17(18)22(19)27/h2-12,14H,1H3,(H,26,29)/t14-/m1/s1. The Bertz CT molecular complexity index is 1240. The van der Waals surface area contributed by atoms with E-state index in [0.29, 0.717) is 33.7 Å². The quantitative estimate of drug-likeness (QED) is 0.567. The van der Waals surface area contributed by atoms with Crippen LogP contribution < -0.4 is 10.1 Å². The Morgan fingerprint density at radius 2 is 1.50 bits per heavy atom. The van der Waals surface area contributed by atoms with E-state index in [1.165, 1.54) is 12.1 Å². The highest BCUT2D eigenvalue weighted by atomic mass is 16.5. The Balaban J connectivity index is 1.55. The van der Waals surface area contributed by atoms with Gasteiger partial charge in [0.2, 0.25) is 0 Å². The second-order valence-corrected chi connectivity index (χ2v) is 6.82. The second kappa shape index (κ2) is 7.64. The summed E-state index contributed by atoms with van der Waals surface area (Å²) < 4.78 is 5.61. The van der Waals surface area contributed by atoms with Gasteiger partial charge in [-0.05, 0) is 37.3 Å². The van der Waals surface area contributed by atoms with Crippen LogP contribution in [0, 0.1) is 11.3 Å². The van der Waals surface area contributed by atoms with Crippen molar-refractivity contribution in [2.45, 2.75) is 13.0 Å². The number of hydrogen-bond donors (Lipinski definition) is 1. The molecule has 0 fully saturated rings. The van der Waals surface area contributed by atoms with Crippen molar-refractivity contribution < 1.29 is 19.1 Å². The summed E-state index contributed by atoms with van der Waals surface area (Å²) in [5, 5.41) is 11.8. The summed E-state index contributed by atoms with van der Waals surface area (Å²) >= 11 is 0. The number of carbonyl (C=O) groups excluding carboxylic acids is 3. The van der Waals surface area contributed by atoms with E-state index in [1.54, 1.807) is 61.5 Å². The fourth-order valence-electron chi connectivity index (χ4n) is 3.33. The third-order valence-corrected chi connectivity index (χ3v) is 4.87. The number of carbonyl (C=O) groups is 3. The molecule has 0 heterocycles. The zero-order chi connectivity index (χ0) is 21.3. The fourth-order valence-corrected chi connectivity index (χ4v) is 3.33. The van der Waals surface area contributed by atoms with Crippen molar-refractivity contribution in [2.24, 2.45) is 0 Å². The van der Waals surface area contributed by atoms with Crippen LogP contribution >= 0.6 is 0 Å². The van der Waals surface area contributed by atoms with Gasteiger partial charge in [-0.15, -0.1) is 0 Å². The van der Waals surface area contributed by atoms with Crippen molar-refractivity contribution in [1.29, 1.82) is 5.26 Å². The molecule has 0 radical (unpaired) electrons. The number of ether oxygens (including phenoxy) is 1. The summed E-state index contributed by atoms with van der Waals surface area (Å²) in [7, 11) is 0. The minimum Gasteiger partial charge on any atom is -0.480 e. The van der Waals surface area contributed by atoms with E-state index in [-0.39, 0.29) is 17.1 Å². The Morgan fingerprint density at radius 3 is 2.20 bits per heavy atom. The van der Waals surface area contributed by atoms with Crippen molar-refractivity contribution in [2.75, 3.05) is 5.32 Å². The van der Waals surface area contributed by atoms with Gasteiger partial charge in [-0.2, -0.15) is 5.26 Å². The molecule has 1 N–H and O–H groups in total. The molecule has 0 saturated carbocycles. The number of nitriles is 1. The molecule has 6 heteroatoms. The van der Waals surface area contributed by atoms with Gasteiger partial charge in [-0.3, -0.25) is 14.4 Å². The Labute approximate surface area is 172 Å². The molecule has 1 amide bonds. The van der Waals surface area contributed by atoms with Gasteiger partial charge >= 0.3 is 0 Å². The van der Waals surface area contributed by atoms with Gasteiger partial charge in [0, 0.05) is 27.9 Å². The summed E-state index contributed by atoms with van der Waals surface area (Å²) in [5.74, 6) is -0.616. The average molecular weight is 396 g/mol. The smallest absolute Gasteiger partial charge is 0.265 e. The number of ketones is 2. The first-order valence-corrected chi connectivity index (χ1v) is 9.28. The zero-order valence-electron chi connectivity index (χ0n) is 16.0. The van der Waals surface area contributed by atoms with Gasteiger partial charge < -0.3 is 10.1 Å². The Hall–Kier alpha value is -4.24. The molecule has 0 unspecified atom stereocenters. The molecular formula is C24H16N2O4.